The van der Waals surface area contributed by atoms with E-state index in [1.54, 1.807) is 10.9 Å². The van der Waals surface area contributed by atoms with Crippen LogP contribution >= 0.6 is 0 Å². The molecule has 18 heavy (non-hydrogen) atoms. The number of anilines is 1. The zero-order valence-electron chi connectivity index (χ0n) is 11.4. The number of nitrogens with one attached hydrogen (secondary N) is 1. The van der Waals surface area contributed by atoms with Crippen molar-refractivity contribution in [2.75, 3.05) is 11.9 Å². The fourth-order valence-electron chi connectivity index (χ4n) is 2.58. The van der Waals surface area contributed by atoms with Gasteiger partial charge in [-0.3, -0.25) is 4.68 Å². The van der Waals surface area contributed by atoms with Crippen molar-refractivity contribution in [2.45, 2.75) is 39.2 Å². The minimum Gasteiger partial charge on any atom is -0.321 e. The second-order valence-electron chi connectivity index (χ2n) is 5.33. The number of hydrogen-bond donors (Lipinski definition) is 1. The van der Waals surface area contributed by atoms with E-state index in [-0.39, 0.29) is 6.03 Å². The molecule has 1 aromatic rings. The lowest BCUT2D eigenvalue weighted by Gasteiger charge is -2.38. The topological polar surface area (TPSA) is 50.2 Å². The molecule has 0 radical (unpaired) electrons. The number of likely N-dealkylation sites (tertiary alicyclic amines) is 1. The van der Waals surface area contributed by atoms with Crippen molar-refractivity contribution in [3.63, 3.8) is 0 Å². The molecule has 0 aliphatic carbocycles. The lowest BCUT2D eigenvalue weighted by molar-refractivity contribution is 0.138. The summed E-state index contributed by atoms with van der Waals surface area (Å²) in [5.74, 6) is 0.505. The molecule has 1 unspecified atom stereocenters. The van der Waals surface area contributed by atoms with Gasteiger partial charge in [-0.1, -0.05) is 13.8 Å². The third-order valence-corrected chi connectivity index (χ3v) is 3.54. The molecule has 2 rings (SSSR count). The quantitative estimate of drug-likeness (QED) is 0.876. The van der Waals surface area contributed by atoms with Crippen molar-refractivity contribution in [3.05, 3.63) is 12.4 Å². The number of carbonyl (C=O) groups excluding carboxylic acids is 1. The lowest BCUT2D eigenvalue weighted by Crippen LogP contribution is -2.48. The summed E-state index contributed by atoms with van der Waals surface area (Å²) in [6.45, 7) is 5.22. The molecule has 1 aromatic heterocycles. The molecule has 5 nitrogen and oxygen atoms in total. The van der Waals surface area contributed by atoms with Gasteiger partial charge in [0.15, 0.2) is 0 Å². The van der Waals surface area contributed by atoms with Crippen LogP contribution in [0.15, 0.2) is 12.4 Å². The number of rotatable bonds is 2. The van der Waals surface area contributed by atoms with Gasteiger partial charge in [0, 0.05) is 25.8 Å². The molecule has 0 aromatic carbocycles. The normalized spacial score (nSPS) is 20.2. The van der Waals surface area contributed by atoms with Gasteiger partial charge in [0.05, 0.1) is 11.9 Å². The summed E-state index contributed by atoms with van der Waals surface area (Å²) in [5.41, 5.74) is 0.760. The van der Waals surface area contributed by atoms with Gasteiger partial charge in [0.1, 0.15) is 0 Å². The minimum atomic E-state index is 0.00130. The lowest BCUT2D eigenvalue weighted by atomic mass is 9.93. The first-order valence-electron chi connectivity index (χ1n) is 6.64. The van der Waals surface area contributed by atoms with E-state index in [0.717, 1.165) is 25.1 Å². The first-order valence-corrected chi connectivity index (χ1v) is 6.64. The van der Waals surface area contributed by atoms with E-state index in [1.165, 1.54) is 6.42 Å². The number of urea groups is 1. The Morgan fingerprint density at radius 2 is 2.28 bits per heavy atom. The molecule has 1 aliphatic heterocycles. The van der Waals surface area contributed by atoms with Gasteiger partial charge in [0.25, 0.3) is 0 Å². The second-order valence-corrected chi connectivity index (χ2v) is 5.33. The zero-order chi connectivity index (χ0) is 13.1. The predicted octanol–water partition coefficient (Wildman–Crippen LogP) is 2.46. The second kappa shape index (κ2) is 5.42. The summed E-state index contributed by atoms with van der Waals surface area (Å²) in [7, 11) is 1.84. The van der Waals surface area contributed by atoms with Crippen LogP contribution in [0.4, 0.5) is 10.5 Å². The Bertz CT molecular complexity index is 413. The highest BCUT2D eigenvalue weighted by Crippen LogP contribution is 2.23. The van der Waals surface area contributed by atoms with Crippen molar-refractivity contribution in [3.8, 4) is 0 Å². The molecule has 1 N–H and O–H groups in total. The number of hydrogen-bond acceptors (Lipinski definition) is 2. The van der Waals surface area contributed by atoms with Crippen LogP contribution in [0, 0.1) is 5.92 Å². The molecule has 2 amide bonds. The van der Waals surface area contributed by atoms with Crippen LogP contribution in [-0.2, 0) is 7.05 Å². The van der Waals surface area contributed by atoms with Crippen LogP contribution in [-0.4, -0.2) is 33.3 Å². The van der Waals surface area contributed by atoms with E-state index >= 15 is 0 Å². The number of amides is 2. The SMILES string of the molecule is CC(C)C1CCCCN1C(=O)Nc1cnn(C)c1. The molecule has 1 saturated heterocycles. The molecule has 1 fully saturated rings. The number of carbonyl (C=O) groups is 1. The van der Waals surface area contributed by atoms with Crippen molar-refractivity contribution in [1.29, 1.82) is 0 Å². The van der Waals surface area contributed by atoms with Crippen LogP contribution in [0.5, 0.6) is 0 Å². The Morgan fingerprint density at radius 3 is 2.89 bits per heavy atom. The Hall–Kier alpha value is -1.52. The average molecular weight is 250 g/mol. The third kappa shape index (κ3) is 2.83. The molecular weight excluding hydrogens is 228 g/mol. The van der Waals surface area contributed by atoms with Crippen LogP contribution < -0.4 is 5.32 Å². The van der Waals surface area contributed by atoms with E-state index in [9.17, 15) is 4.79 Å². The van der Waals surface area contributed by atoms with Crippen molar-refractivity contribution >= 4 is 11.7 Å². The van der Waals surface area contributed by atoms with Gasteiger partial charge in [-0.05, 0) is 25.2 Å². The van der Waals surface area contributed by atoms with Gasteiger partial charge in [0.2, 0.25) is 0 Å². The maximum absolute atomic E-state index is 12.3. The summed E-state index contributed by atoms with van der Waals surface area (Å²) < 4.78 is 1.69. The van der Waals surface area contributed by atoms with Crippen LogP contribution in [0.25, 0.3) is 0 Å². The largest absolute Gasteiger partial charge is 0.322 e. The molecular formula is C13H22N4O. The zero-order valence-corrected chi connectivity index (χ0v) is 11.4. The van der Waals surface area contributed by atoms with Gasteiger partial charge in [-0.15, -0.1) is 0 Å². The van der Waals surface area contributed by atoms with Gasteiger partial charge >= 0.3 is 6.03 Å². The van der Waals surface area contributed by atoms with Crippen molar-refractivity contribution in [2.24, 2.45) is 13.0 Å². The maximum atomic E-state index is 12.3. The summed E-state index contributed by atoms with van der Waals surface area (Å²) in [5, 5.41) is 6.97. The summed E-state index contributed by atoms with van der Waals surface area (Å²) in [6, 6.07) is 0.358. The Labute approximate surface area is 108 Å². The fourth-order valence-corrected chi connectivity index (χ4v) is 2.58. The Balaban J connectivity index is 2.02. The molecule has 2 heterocycles. The molecule has 1 aliphatic rings. The summed E-state index contributed by atoms with van der Waals surface area (Å²) in [6.07, 6.45) is 6.92. The third-order valence-electron chi connectivity index (χ3n) is 3.54. The van der Waals surface area contributed by atoms with Gasteiger partial charge in [-0.25, -0.2) is 4.79 Å². The highest BCUT2D eigenvalue weighted by molar-refractivity contribution is 5.89. The maximum Gasteiger partial charge on any atom is 0.322 e. The fraction of sp³-hybridized carbons (Fsp3) is 0.692. The molecule has 0 bridgehead atoms. The Kier molecular flexibility index (Phi) is 3.89. The van der Waals surface area contributed by atoms with E-state index in [0.29, 0.717) is 12.0 Å². The van der Waals surface area contributed by atoms with E-state index in [4.69, 9.17) is 0 Å². The standard InChI is InChI=1S/C13H22N4O/c1-10(2)12-6-4-5-7-17(12)13(18)15-11-8-14-16(3)9-11/h8-10,12H,4-7H2,1-3H3,(H,15,18). The van der Waals surface area contributed by atoms with E-state index in [2.05, 4.69) is 24.3 Å². The van der Waals surface area contributed by atoms with Crippen molar-refractivity contribution in [1.82, 2.24) is 14.7 Å². The molecule has 0 spiro atoms. The first-order chi connectivity index (χ1) is 8.58. The number of nitrogens with zero attached hydrogens (tertiary/aromatic N) is 3. The van der Waals surface area contributed by atoms with Gasteiger partial charge < -0.3 is 10.2 Å². The molecule has 0 saturated carbocycles. The van der Waals surface area contributed by atoms with Gasteiger partial charge in [-0.2, -0.15) is 5.10 Å². The highest BCUT2D eigenvalue weighted by Gasteiger charge is 2.28. The van der Waals surface area contributed by atoms with E-state index < -0.39 is 0 Å². The minimum absolute atomic E-state index is 0.00130. The van der Waals surface area contributed by atoms with Crippen molar-refractivity contribution < 1.29 is 4.79 Å². The van der Waals surface area contributed by atoms with Crippen LogP contribution in [0.1, 0.15) is 33.1 Å². The molecule has 5 heteroatoms. The van der Waals surface area contributed by atoms with Crippen LogP contribution in [0.2, 0.25) is 0 Å². The monoisotopic (exact) mass is 250 g/mol. The number of aromatic nitrogens is 2. The number of aryl methyl sites for hydroxylation is 1. The highest BCUT2D eigenvalue weighted by atomic mass is 16.2. The summed E-state index contributed by atoms with van der Waals surface area (Å²) >= 11 is 0. The predicted molar refractivity (Wildman–Crippen MR) is 71.4 cm³/mol. The van der Waals surface area contributed by atoms with Crippen LogP contribution in [0.3, 0.4) is 0 Å². The average Bonchev–Trinajstić information content (AvgIpc) is 2.74. The molecule has 1 atom stereocenters. The molecule has 100 valence electrons. The smallest absolute Gasteiger partial charge is 0.321 e. The first kappa shape index (κ1) is 12.9. The summed E-state index contributed by atoms with van der Waals surface area (Å²) in [4.78, 5) is 14.2. The van der Waals surface area contributed by atoms with E-state index in [1.807, 2.05) is 18.1 Å². The number of piperidine rings is 1. The Morgan fingerprint density at radius 1 is 1.50 bits per heavy atom.